The minimum Gasteiger partial charge on any atom is -0.336 e. The molecule has 1 aliphatic rings. The molecule has 0 aromatic heterocycles. The highest BCUT2D eigenvalue weighted by Crippen LogP contribution is 2.14. The highest BCUT2D eigenvalue weighted by molar-refractivity contribution is 5.95. The second-order valence-electron chi connectivity index (χ2n) is 6.41. The van der Waals surface area contributed by atoms with Crippen LogP contribution in [0.1, 0.15) is 60.2 Å². The number of rotatable bonds is 7. The number of nitrogens with zero attached hydrogens (tertiary/aromatic N) is 2. The molecule has 0 aliphatic carbocycles. The first-order valence-electron chi connectivity index (χ1n) is 8.74. The van der Waals surface area contributed by atoms with Crippen molar-refractivity contribution in [2.75, 3.05) is 26.2 Å². The Morgan fingerprint density at radius 3 is 2.35 bits per heavy atom. The van der Waals surface area contributed by atoms with Crippen LogP contribution in [-0.2, 0) is 0 Å². The minimum atomic E-state index is 0.0701. The van der Waals surface area contributed by atoms with Crippen LogP contribution in [0.15, 0.2) is 24.3 Å². The summed E-state index contributed by atoms with van der Waals surface area (Å²) in [6, 6.07) is 7.49. The molecule has 0 bridgehead atoms. The van der Waals surface area contributed by atoms with Crippen LogP contribution in [0.4, 0.5) is 0 Å². The highest BCUT2D eigenvalue weighted by Gasteiger charge is 2.24. The van der Waals surface area contributed by atoms with Crippen molar-refractivity contribution < 1.29 is 9.59 Å². The van der Waals surface area contributed by atoms with Gasteiger partial charge in [0.2, 0.25) is 0 Å². The zero-order valence-electron chi connectivity index (χ0n) is 14.3. The van der Waals surface area contributed by atoms with E-state index in [-0.39, 0.29) is 5.91 Å². The molecule has 1 aliphatic heterocycles. The lowest BCUT2D eigenvalue weighted by atomic mass is 10.1. The molecule has 1 amide bonds. The molecule has 0 spiro atoms. The Kier molecular flexibility index (Phi) is 6.78. The number of amides is 1. The summed E-state index contributed by atoms with van der Waals surface area (Å²) >= 11 is 0. The largest absolute Gasteiger partial charge is 0.336 e. The number of unbranched alkanes of at least 4 members (excludes halogenated alkanes) is 2. The van der Waals surface area contributed by atoms with Crippen LogP contribution >= 0.6 is 0 Å². The van der Waals surface area contributed by atoms with Crippen molar-refractivity contribution in [2.24, 2.45) is 0 Å². The van der Waals surface area contributed by atoms with Crippen LogP contribution in [0.5, 0.6) is 0 Å². The molecule has 4 nitrogen and oxygen atoms in total. The van der Waals surface area contributed by atoms with Gasteiger partial charge in [-0.25, -0.2) is 0 Å². The number of benzene rings is 1. The van der Waals surface area contributed by atoms with E-state index in [1.807, 2.05) is 4.90 Å². The van der Waals surface area contributed by atoms with Gasteiger partial charge in [-0.15, -0.1) is 0 Å². The maximum absolute atomic E-state index is 12.5. The Balaban J connectivity index is 1.83. The molecule has 0 radical (unpaired) electrons. The van der Waals surface area contributed by atoms with E-state index in [0.717, 1.165) is 32.5 Å². The molecule has 1 fully saturated rings. The Hall–Kier alpha value is -1.68. The molecule has 0 N–H and O–H groups in total. The van der Waals surface area contributed by atoms with Gasteiger partial charge in [-0.05, 0) is 25.5 Å². The first-order valence-corrected chi connectivity index (χ1v) is 8.74. The molecule has 2 rings (SSSR count). The van der Waals surface area contributed by atoms with Crippen molar-refractivity contribution in [3.8, 4) is 0 Å². The Labute approximate surface area is 139 Å². The summed E-state index contributed by atoms with van der Waals surface area (Å²) in [6.45, 7) is 8.00. The molecule has 1 heterocycles. The summed E-state index contributed by atoms with van der Waals surface area (Å²) in [4.78, 5) is 27.6. The van der Waals surface area contributed by atoms with Gasteiger partial charge in [-0.3, -0.25) is 14.5 Å². The van der Waals surface area contributed by atoms with Crippen molar-refractivity contribution in [1.82, 2.24) is 9.80 Å². The predicted molar refractivity (Wildman–Crippen MR) is 92.9 cm³/mol. The lowest BCUT2D eigenvalue weighted by Crippen LogP contribution is -2.51. The maximum atomic E-state index is 12.5. The van der Waals surface area contributed by atoms with Crippen molar-refractivity contribution in [2.45, 2.75) is 45.6 Å². The number of carbonyl (C=O) groups is 2. The van der Waals surface area contributed by atoms with Crippen LogP contribution in [0.3, 0.4) is 0 Å². The van der Waals surface area contributed by atoms with E-state index >= 15 is 0 Å². The van der Waals surface area contributed by atoms with Gasteiger partial charge >= 0.3 is 0 Å². The topological polar surface area (TPSA) is 40.6 Å². The molecule has 23 heavy (non-hydrogen) atoms. The monoisotopic (exact) mass is 316 g/mol. The van der Waals surface area contributed by atoms with Crippen LogP contribution < -0.4 is 0 Å². The molecule has 1 aromatic rings. The number of hydrogen-bond donors (Lipinski definition) is 0. The van der Waals surface area contributed by atoms with Gasteiger partial charge in [0.1, 0.15) is 6.29 Å². The number of piperazine rings is 1. The SMILES string of the molecule is CCCCCC(C)N1CCN(C(=O)c2ccc(C=O)cc2)CC1. The molecular weight excluding hydrogens is 288 g/mol. The zero-order valence-corrected chi connectivity index (χ0v) is 14.3. The summed E-state index contributed by atoms with van der Waals surface area (Å²) in [6.07, 6.45) is 5.90. The zero-order chi connectivity index (χ0) is 16.7. The van der Waals surface area contributed by atoms with Crippen LogP contribution in [0, 0.1) is 0 Å². The number of carbonyl (C=O) groups excluding carboxylic acids is 2. The lowest BCUT2D eigenvalue weighted by Gasteiger charge is -2.38. The van der Waals surface area contributed by atoms with Crippen molar-refractivity contribution in [1.29, 1.82) is 0 Å². The lowest BCUT2D eigenvalue weighted by molar-refractivity contribution is 0.0573. The first kappa shape index (κ1) is 17.7. The molecule has 126 valence electrons. The second-order valence-corrected chi connectivity index (χ2v) is 6.41. The summed E-state index contributed by atoms with van der Waals surface area (Å²) in [5.41, 5.74) is 1.27. The van der Waals surface area contributed by atoms with Gasteiger partial charge < -0.3 is 4.90 Å². The molecule has 1 aromatic carbocycles. The Morgan fingerprint density at radius 1 is 1.13 bits per heavy atom. The van der Waals surface area contributed by atoms with E-state index in [1.54, 1.807) is 24.3 Å². The first-order chi connectivity index (χ1) is 11.2. The van der Waals surface area contributed by atoms with E-state index in [4.69, 9.17) is 0 Å². The fourth-order valence-electron chi connectivity index (χ4n) is 3.12. The second kappa shape index (κ2) is 8.82. The van der Waals surface area contributed by atoms with Gasteiger partial charge in [0, 0.05) is 43.3 Å². The van der Waals surface area contributed by atoms with E-state index in [1.165, 1.54) is 25.7 Å². The molecule has 1 atom stereocenters. The summed E-state index contributed by atoms with van der Waals surface area (Å²) in [7, 11) is 0. The van der Waals surface area contributed by atoms with Crippen LogP contribution in [0.25, 0.3) is 0 Å². The van der Waals surface area contributed by atoms with Gasteiger partial charge in [0.15, 0.2) is 0 Å². The fourth-order valence-corrected chi connectivity index (χ4v) is 3.12. The van der Waals surface area contributed by atoms with Crippen molar-refractivity contribution in [3.05, 3.63) is 35.4 Å². The number of hydrogen-bond acceptors (Lipinski definition) is 3. The quantitative estimate of drug-likeness (QED) is 0.573. The third kappa shape index (κ3) is 4.90. The average molecular weight is 316 g/mol. The van der Waals surface area contributed by atoms with Gasteiger partial charge in [-0.2, -0.15) is 0 Å². The van der Waals surface area contributed by atoms with Crippen molar-refractivity contribution in [3.63, 3.8) is 0 Å². The van der Waals surface area contributed by atoms with Crippen LogP contribution in [0.2, 0.25) is 0 Å². The molecule has 1 saturated heterocycles. The summed E-state index contributed by atoms with van der Waals surface area (Å²) in [5, 5.41) is 0. The normalized spacial score (nSPS) is 17.0. The minimum absolute atomic E-state index is 0.0701. The highest BCUT2D eigenvalue weighted by atomic mass is 16.2. The summed E-state index contributed by atoms with van der Waals surface area (Å²) in [5.74, 6) is 0.0701. The van der Waals surface area contributed by atoms with E-state index < -0.39 is 0 Å². The molecular formula is C19H28N2O2. The predicted octanol–water partition coefficient (Wildman–Crippen LogP) is 3.23. The number of aldehydes is 1. The van der Waals surface area contributed by atoms with Gasteiger partial charge in [0.25, 0.3) is 5.91 Å². The Morgan fingerprint density at radius 2 is 1.78 bits per heavy atom. The third-order valence-corrected chi connectivity index (χ3v) is 4.74. The third-order valence-electron chi connectivity index (χ3n) is 4.74. The van der Waals surface area contributed by atoms with Crippen molar-refractivity contribution >= 4 is 12.2 Å². The van der Waals surface area contributed by atoms with E-state index in [9.17, 15) is 9.59 Å². The Bertz CT molecular complexity index is 505. The van der Waals surface area contributed by atoms with Gasteiger partial charge in [-0.1, -0.05) is 38.3 Å². The van der Waals surface area contributed by atoms with E-state index in [2.05, 4.69) is 18.7 Å². The van der Waals surface area contributed by atoms with E-state index in [0.29, 0.717) is 17.2 Å². The maximum Gasteiger partial charge on any atom is 0.253 e. The summed E-state index contributed by atoms with van der Waals surface area (Å²) < 4.78 is 0. The smallest absolute Gasteiger partial charge is 0.253 e. The molecule has 0 saturated carbocycles. The molecule has 1 unspecified atom stereocenters. The van der Waals surface area contributed by atoms with Gasteiger partial charge in [0.05, 0.1) is 0 Å². The average Bonchev–Trinajstić information content (AvgIpc) is 2.61. The fraction of sp³-hybridized carbons (Fsp3) is 0.579. The standard InChI is InChI=1S/C19H28N2O2/c1-3-4-5-6-16(2)20-11-13-21(14-12-20)19(23)18-9-7-17(15-22)8-10-18/h7-10,15-16H,3-6,11-14H2,1-2H3. The molecule has 4 heteroatoms. The van der Waals surface area contributed by atoms with Crippen LogP contribution in [-0.4, -0.2) is 54.2 Å².